The number of nitrogens with zero attached hydrogens (tertiary/aromatic N) is 1. The van der Waals surface area contributed by atoms with E-state index in [1.807, 2.05) is 0 Å². The van der Waals surface area contributed by atoms with Crippen molar-refractivity contribution in [3.63, 3.8) is 0 Å². The van der Waals surface area contributed by atoms with Crippen LogP contribution in [0.2, 0.25) is 0 Å². The maximum Gasteiger partial charge on any atom is 0.218 e. The quantitative estimate of drug-likeness (QED) is 0.782. The van der Waals surface area contributed by atoms with E-state index in [1.165, 1.54) is 0 Å². The molecular weight excluding hydrogens is 312 g/mol. The minimum Gasteiger partial charge on any atom is -0.314 e. The van der Waals surface area contributed by atoms with Gasteiger partial charge in [0, 0.05) is 19.1 Å². The molecule has 3 heterocycles. The molecule has 3 aliphatic heterocycles. The molecule has 0 radical (unpaired) electrons. The molecule has 3 unspecified atom stereocenters. The summed E-state index contributed by atoms with van der Waals surface area (Å²) in [5.41, 5.74) is 0. The van der Waals surface area contributed by atoms with Crippen LogP contribution >= 0.6 is 0 Å². The van der Waals surface area contributed by atoms with Crippen LogP contribution in [0.1, 0.15) is 32.1 Å². The first kappa shape index (κ1) is 15.7. The van der Waals surface area contributed by atoms with Gasteiger partial charge in [-0.1, -0.05) is 0 Å². The zero-order chi connectivity index (χ0) is 15.1. The van der Waals surface area contributed by atoms with Crippen LogP contribution in [0.25, 0.3) is 0 Å². The second-order valence-corrected chi connectivity index (χ2v) is 11.0. The van der Waals surface area contributed by atoms with Gasteiger partial charge in [-0.25, -0.2) is 21.1 Å². The van der Waals surface area contributed by atoms with Crippen molar-refractivity contribution >= 4 is 19.9 Å². The molecule has 21 heavy (non-hydrogen) atoms. The van der Waals surface area contributed by atoms with Gasteiger partial charge in [0.15, 0.2) is 9.84 Å². The van der Waals surface area contributed by atoms with E-state index in [2.05, 4.69) is 5.32 Å². The Hall–Kier alpha value is -0.180. The normalized spacial score (nSPS) is 37.8. The van der Waals surface area contributed by atoms with Crippen molar-refractivity contribution in [2.75, 3.05) is 31.1 Å². The number of hydrogen-bond donors (Lipinski definition) is 1. The summed E-state index contributed by atoms with van der Waals surface area (Å²) in [4.78, 5) is 0. The Morgan fingerprint density at radius 2 is 1.90 bits per heavy atom. The number of nitrogens with one attached hydrogen (secondary N) is 1. The van der Waals surface area contributed by atoms with Gasteiger partial charge in [-0.05, 0) is 44.6 Å². The van der Waals surface area contributed by atoms with E-state index in [-0.39, 0.29) is 17.9 Å². The third-order valence-electron chi connectivity index (χ3n) is 5.06. The first-order valence-electron chi connectivity index (χ1n) is 7.81. The van der Waals surface area contributed by atoms with Crippen molar-refractivity contribution in [2.24, 2.45) is 5.92 Å². The van der Waals surface area contributed by atoms with E-state index in [0.29, 0.717) is 25.0 Å². The Morgan fingerprint density at radius 1 is 1.10 bits per heavy atom. The lowest BCUT2D eigenvalue weighted by atomic mass is 9.91. The Kier molecular flexibility index (Phi) is 4.33. The average Bonchev–Trinajstić information content (AvgIpc) is 3.08. The molecule has 8 heteroatoms. The molecule has 6 nitrogen and oxygen atoms in total. The zero-order valence-electron chi connectivity index (χ0n) is 12.2. The first-order chi connectivity index (χ1) is 9.88. The number of sulfonamides is 1. The van der Waals surface area contributed by atoms with E-state index in [1.54, 1.807) is 4.31 Å². The Balaban J connectivity index is 1.70. The third kappa shape index (κ3) is 3.28. The lowest BCUT2D eigenvalue weighted by Crippen LogP contribution is -2.48. The second kappa shape index (κ2) is 5.79. The molecule has 0 amide bonds. The van der Waals surface area contributed by atoms with Gasteiger partial charge in [0.2, 0.25) is 10.0 Å². The van der Waals surface area contributed by atoms with Crippen molar-refractivity contribution in [1.82, 2.24) is 9.62 Å². The number of hydrogen-bond acceptors (Lipinski definition) is 5. The summed E-state index contributed by atoms with van der Waals surface area (Å²) in [7, 11) is -6.63. The third-order valence-corrected chi connectivity index (χ3v) is 9.34. The summed E-state index contributed by atoms with van der Waals surface area (Å²) in [6, 6.07) is 0.426. The fourth-order valence-corrected chi connectivity index (χ4v) is 8.48. The Bertz CT molecular complexity index is 581. The van der Waals surface area contributed by atoms with Gasteiger partial charge in [0.25, 0.3) is 0 Å². The minimum absolute atomic E-state index is 0.0122. The van der Waals surface area contributed by atoms with E-state index < -0.39 is 25.1 Å². The zero-order valence-corrected chi connectivity index (χ0v) is 13.8. The highest BCUT2D eigenvalue weighted by Crippen LogP contribution is 2.29. The van der Waals surface area contributed by atoms with Crippen LogP contribution in [0.5, 0.6) is 0 Å². The van der Waals surface area contributed by atoms with Gasteiger partial charge in [0.05, 0.1) is 16.8 Å². The molecule has 0 aromatic rings. The van der Waals surface area contributed by atoms with Crippen LogP contribution in [0, 0.1) is 5.92 Å². The van der Waals surface area contributed by atoms with E-state index in [0.717, 1.165) is 32.2 Å². The van der Waals surface area contributed by atoms with Crippen molar-refractivity contribution in [2.45, 2.75) is 43.4 Å². The highest BCUT2D eigenvalue weighted by atomic mass is 32.2. The molecule has 3 atom stereocenters. The maximum atomic E-state index is 12.7. The number of sulfone groups is 1. The summed E-state index contributed by atoms with van der Waals surface area (Å²) in [6.45, 7) is 2.12. The molecule has 0 bridgehead atoms. The smallest absolute Gasteiger partial charge is 0.218 e. The van der Waals surface area contributed by atoms with Gasteiger partial charge in [-0.2, -0.15) is 0 Å². The van der Waals surface area contributed by atoms with E-state index >= 15 is 0 Å². The predicted octanol–water partition coefficient (Wildman–Crippen LogP) is -0.0327. The van der Waals surface area contributed by atoms with Crippen molar-refractivity contribution in [3.8, 4) is 0 Å². The highest BCUT2D eigenvalue weighted by molar-refractivity contribution is 7.95. The fourth-order valence-electron chi connectivity index (χ4n) is 3.85. The first-order valence-corrected chi connectivity index (χ1v) is 11.1. The summed E-state index contributed by atoms with van der Waals surface area (Å²) >= 11 is 0. The Morgan fingerprint density at radius 3 is 2.52 bits per heavy atom. The van der Waals surface area contributed by atoms with Crippen LogP contribution in [0.4, 0.5) is 0 Å². The van der Waals surface area contributed by atoms with Gasteiger partial charge in [-0.15, -0.1) is 0 Å². The number of piperidine rings is 1. The fraction of sp³-hybridized carbons (Fsp3) is 1.00. The minimum atomic E-state index is -3.47. The monoisotopic (exact) mass is 336 g/mol. The average molecular weight is 336 g/mol. The van der Waals surface area contributed by atoms with Gasteiger partial charge < -0.3 is 5.32 Å². The molecule has 3 rings (SSSR count). The standard InChI is InChI=1S/C13H24N2O4S2/c16-20(17)8-5-12(10-20)21(18,19)15-7-2-3-11(9-15)13-4-1-6-14-13/h11-14H,1-10H2. The molecule has 0 spiro atoms. The van der Waals surface area contributed by atoms with Crippen LogP contribution in [0.3, 0.4) is 0 Å². The second-order valence-electron chi connectivity index (χ2n) is 6.53. The summed E-state index contributed by atoms with van der Waals surface area (Å²) in [5, 5.41) is 2.74. The molecule has 0 aromatic heterocycles. The van der Waals surface area contributed by atoms with E-state index in [9.17, 15) is 16.8 Å². The number of rotatable bonds is 3. The lowest BCUT2D eigenvalue weighted by Gasteiger charge is -2.36. The van der Waals surface area contributed by atoms with Crippen LogP contribution in [0.15, 0.2) is 0 Å². The van der Waals surface area contributed by atoms with Crippen LogP contribution in [-0.4, -0.2) is 63.6 Å². The van der Waals surface area contributed by atoms with E-state index in [4.69, 9.17) is 0 Å². The summed E-state index contributed by atoms with van der Waals surface area (Å²) in [5.74, 6) is 0.185. The predicted molar refractivity (Wildman–Crippen MR) is 81.3 cm³/mol. The highest BCUT2D eigenvalue weighted by Gasteiger charge is 2.42. The largest absolute Gasteiger partial charge is 0.314 e. The summed E-state index contributed by atoms with van der Waals surface area (Å²) < 4.78 is 50.0. The molecule has 1 N–H and O–H groups in total. The van der Waals surface area contributed by atoms with Crippen LogP contribution < -0.4 is 5.32 Å². The van der Waals surface area contributed by atoms with Gasteiger partial charge in [0.1, 0.15) is 0 Å². The molecule has 3 saturated heterocycles. The molecule has 0 aromatic carbocycles. The molecule has 0 saturated carbocycles. The maximum absolute atomic E-state index is 12.7. The Labute approximate surface area is 127 Å². The topological polar surface area (TPSA) is 83.5 Å². The lowest BCUT2D eigenvalue weighted by molar-refractivity contribution is 0.225. The molecule has 3 fully saturated rings. The van der Waals surface area contributed by atoms with Gasteiger partial charge >= 0.3 is 0 Å². The van der Waals surface area contributed by atoms with Crippen LogP contribution in [-0.2, 0) is 19.9 Å². The van der Waals surface area contributed by atoms with Gasteiger partial charge in [-0.3, -0.25) is 0 Å². The summed E-state index contributed by atoms with van der Waals surface area (Å²) in [6.07, 6.45) is 4.48. The van der Waals surface area contributed by atoms with Crippen molar-refractivity contribution < 1.29 is 16.8 Å². The molecule has 0 aliphatic carbocycles. The molecule has 122 valence electrons. The SMILES string of the molecule is O=S1(=O)CCC(S(=O)(=O)N2CCCC(C3CCCN3)C2)C1. The molecule has 3 aliphatic rings. The molecular formula is C13H24N2O4S2. The van der Waals surface area contributed by atoms with Crippen molar-refractivity contribution in [3.05, 3.63) is 0 Å². The van der Waals surface area contributed by atoms with Crippen molar-refractivity contribution in [1.29, 1.82) is 0 Å².